The van der Waals surface area contributed by atoms with E-state index in [0.29, 0.717) is 31.6 Å². The van der Waals surface area contributed by atoms with E-state index < -0.39 is 29.4 Å². The van der Waals surface area contributed by atoms with Crippen LogP contribution in [0, 0.1) is 11.6 Å². The lowest BCUT2D eigenvalue weighted by Crippen LogP contribution is -2.48. The van der Waals surface area contributed by atoms with Crippen molar-refractivity contribution in [1.82, 2.24) is 5.01 Å². The van der Waals surface area contributed by atoms with Gasteiger partial charge in [0.2, 0.25) is 11.6 Å². The van der Waals surface area contributed by atoms with E-state index in [1.807, 2.05) is 6.07 Å². The van der Waals surface area contributed by atoms with Gasteiger partial charge in [-0.15, -0.1) is 5.10 Å². The molecule has 160 valence electrons. The molecule has 3 rings (SSSR count). The van der Waals surface area contributed by atoms with E-state index in [1.165, 1.54) is 5.01 Å². The molecule has 30 heavy (non-hydrogen) atoms. The number of hydrazone groups is 1. The van der Waals surface area contributed by atoms with Crippen LogP contribution in [-0.4, -0.2) is 36.1 Å². The number of hydrogen-bond donors (Lipinski definition) is 1. The SMILES string of the molecule is CCO[C@@H](C)C(=O)N1N=C(c2cc(F)ccc2F)OC1(CCCN)c1ccccc1. The van der Waals surface area contributed by atoms with Crippen LogP contribution in [0.3, 0.4) is 0 Å². The highest BCUT2D eigenvalue weighted by atomic mass is 19.1. The third-order valence-corrected chi connectivity index (χ3v) is 4.88. The van der Waals surface area contributed by atoms with Crippen LogP contribution >= 0.6 is 0 Å². The van der Waals surface area contributed by atoms with E-state index in [4.69, 9.17) is 15.2 Å². The normalized spacial score (nSPS) is 19.4. The van der Waals surface area contributed by atoms with Gasteiger partial charge in [-0.3, -0.25) is 4.79 Å². The van der Waals surface area contributed by atoms with Crippen LogP contribution in [0.4, 0.5) is 8.78 Å². The Kier molecular flexibility index (Phi) is 6.79. The van der Waals surface area contributed by atoms with Gasteiger partial charge in [0.05, 0.1) is 5.56 Å². The molecule has 1 aliphatic rings. The number of hydrogen-bond acceptors (Lipinski definition) is 5. The number of carbonyl (C=O) groups excluding carboxylic acids is 1. The first-order valence-electron chi connectivity index (χ1n) is 9.87. The molecule has 2 aromatic carbocycles. The quantitative estimate of drug-likeness (QED) is 0.713. The summed E-state index contributed by atoms with van der Waals surface area (Å²) in [7, 11) is 0. The van der Waals surface area contributed by atoms with E-state index in [2.05, 4.69) is 5.10 Å². The van der Waals surface area contributed by atoms with Crippen LogP contribution in [0.1, 0.15) is 37.8 Å². The van der Waals surface area contributed by atoms with Crippen LogP contribution in [0.5, 0.6) is 0 Å². The van der Waals surface area contributed by atoms with Gasteiger partial charge in [-0.05, 0) is 45.0 Å². The Bertz CT molecular complexity index is 923. The summed E-state index contributed by atoms with van der Waals surface area (Å²) >= 11 is 0. The molecule has 0 aromatic heterocycles. The van der Waals surface area contributed by atoms with Crippen molar-refractivity contribution in [2.24, 2.45) is 10.8 Å². The van der Waals surface area contributed by atoms with E-state index in [0.717, 1.165) is 18.2 Å². The summed E-state index contributed by atoms with van der Waals surface area (Å²) in [4.78, 5) is 13.2. The van der Waals surface area contributed by atoms with Crippen LogP contribution in [0.15, 0.2) is 53.6 Å². The number of benzene rings is 2. The van der Waals surface area contributed by atoms with Crippen LogP contribution < -0.4 is 5.73 Å². The molecule has 8 heteroatoms. The van der Waals surface area contributed by atoms with Crippen molar-refractivity contribution in [3.05, 3.63) is 71.3 Å². The zero-order valence-electron chi connectivity index (χ0n) is 17.0. The number of amides is 1. The molecule has 0 aliphatic carbocycles. The highest BCUT2D eigenvalue weighted by Gasteiger charge is 2.50. The second kappa shape index (κ2) is 9.32. The van der Waals surface area contributed by atoms with Crippen molar-refractivity contribution < 1.29 is 23.0 Å². The number of halogens is 2. The van der Waals surface area contributed by atoms with E-state index >= 15 is 0 Å². The second-order valence-electron chi connectivity index (χ2n) is 6.92. The molecule has 1 heterocycles. The number of carbonyl (C=O) groups is 1. The Morgan fingerprint density at radius 2 is 2.00 bits per heavy atom. The lowest BCUT2D eigenvalue weighted by Gasteiger charge is -2.36. The molecule has 0 bridgehead atoms. The third-order valence-electron chi connectivity index (χ3n) is 4.88. The monoisotopic (exact) mass is 417 g/mol. The Labute approximate surface area is 174 Å². The van der Waals surface area contributed by atoms with Gasteiger partial charge in [-0.25, -0.2) is 8.78 Å². The average Bonchev–Trinajstić information content (AvgIpc) is 3.14. The van der Waals surface area contributed by atoms with E-state index in [9.17, 15) is 13.6 Å². The fourth-order valence-electron chi connectivity index (χ4n) is 3.41. The second-order valence-corrected chi connectivity index (χ2v) is 6.92. The van der Waals surface area contributed by atoms with Crippen molar-refractivity contribution in [2.75, 3.05) is 13.2 Å². The smallest absolute Gasteiger partial charge is 0.275 e. The van der Waals surface area contributed by atoms with Crippen molar-refractivity contribution in [2.45, 2.75) is 38.5 Å². The fraction of sp³-hybridized carbons (Fsp3) is 0.364. The van der Waals surface area contributed by atoms with Crippen molar-refractivity contribution in [1.29, 1.82) is 0 Å². The molecule has 1 aliphatic heterocycles. The Morgan fingerprint density at radius 3 is 2.67 bits per heavy atom. The third kappa shape index (κ3) is 4.20. The molecule has 6 nitrogen and oxygen atoms in total. The standard InChI is InChI=1S/C22H25F2N3O3/c1-3-29-15(2)21(28)27-22(12-7-13-25,16-8-5-4-6-9-16)30-20(26-27)18-14-17(23)10-11-19(18)24/h4-6,8-11,14-15H,3,7,12-13,25H2,1-2H3/t15-,22?/m0/s1. The summed E-state index contributed by atoms with van der Waals surface area (Å²) in [5.41, 5.74) is 4.86. The summed E-state index contributed by atoms with van der Waals surface area (Å²) < 4.78 is 39.9. The topological polar surface area (TPSA) is 77.1 Å². The maximum Gasteiger partial charge on any atom is 0.275 e. The zero-order valence-corrected chi connectivity index (χ0v) is 17.0. The first kappa shape index (κ1) is 21.9. The van der Waals surface area contributed by atoms with Gasteiger partial charge in [0.1, 0.15) is 17.7 Å². The predicted octanol–water partition coefficient (Wildman–Crippen LogP) is 3.50. The lowest BCUT2D eigenvalue weighted by molar-refractivity contribution is -0.163. The number of ether oxygens (including phenoxy) is 2. The fourth-order valence-corrected chi connectivity index (χ4v) is 3.41. The minimum atomic E-state index is -1.35. The largest absolute Gasteiger partial charge is 0.443 e. The van der Waals surface area contributed by atoms with Crippen LogP contribution in [0.25, 0.3) is 0 Å². The van der Waals surface area contributed by atoms with E-state index in [1.54, 1.807) is 38.1 Å². The van der Waals surface area contributed by atoms with E-state index in [-0.39, 0.29) is 11.5 Å². The van der Waals surface area contributed by atoms with Crippen LogP contribution in [-0.2, 0) is 20.0 Å². The Morgan fingerprint density at radius 1 is 1.27 bits per heavy atom. The van der Waals surface area contributed by atoms with Gasteiger partial charge >= 0.3 is 0 Å². The summed E-state index contributed by atoms with van der Waals surface area (Å²) in [5.74, 6) is -1.98. The number of nitrogens with two attached hydrogens (primary N) is 1. The summed E-state index contributed by atoms with van der Waals surface area (Å²) in [6.07, 6.45) is 0.0121. The number of nitrogens with zero attached hydrogens (tertiary/aromatic N) is 2. The highest BCUT2D eigenvalue weighted by Crippen LogP contribution is 2.41. The highest BCUT2D eigenvalue weighted by molar-refractivity contribution is 5.97. The maximum absolute atomic E-state index is 14.5. The van der Waals surface area contributed by atoms with Gasteiger partial charge < -0.3 is 15.2 Å². The lowest BCUT2D eigenvalue weighted by atomic mass is 9.96. The molecular weight excluding hydrogens is 392 g/mol. The molecule has 0 spiro atoms. The first-order chi connectivity index (χ1) is 14.4. The van der Waals surface area contributed by atoms with Crippen LogP contribution in [0.2, 0.25) is 0 Å². The van der Waals surface area contributed by atoms with Gasteiger partial charge in [0.25, 0.3) is 5.91 Å². The summed E-state index contributed by atoms with van der Waals surface area (Å²) in [6, 6.07) is 12.0. The Balaban J connectivity index is 2.13. The molecule has 1 unspecified atom stereocenters. The molecular formula is C22H25F2N3O3. The molecule has 0 radical (unpaired) electrons. The molecule has 2 aromatic rings. The average molecular weight is 417 g/mol. The Hall–Kier alpha value is -2.84. The summed E-state index contributed by atoms with van der Waals surface area (Å²) in [6.45, 7) is 4.07. The molecule has 0 saturated carbocycles. The minimum absolute atomic E-state index is 0.164. The van der Waals surface area contributed by atoms with Gasteiger partial charge in [-0.2, -0.15) is 5.01 Å². The minimum Gasteiger partial charge on any atom is -0.443 e. The van der Waals surface area contributed by atoms with Crippen molar-refractivity contribution in [3.8, 4) is 0 Å². The van der Waals surface area contributed by atoms with Gasteiger partial charge in [0.15, 0.2) is 0 Å². The summed E-state index contributed by atoms with van der Waals surface area (Å²) in [5, 5.41) is 5.48. The molecule has 1 amide bonds. The maximum atomic E-state index is 14.5. The van der Waals surface area contributed by atoms with Gasteiger partial charge in [-0.1, -0.05) is 30.3 Å². The molecule has 0 fully saturated rings. The molecule has 2 atom stereocenters. The number of rotatable bonds is 8. The van der Waals surface area contributed by atoms with Crippen molar-refractivity contribution in [3.63, 3.8) is 0 Å². The van der Waals surface area contributed by atoms with Crippen molar-refractivity contribution >= 4 is 11.8 Å². The molecule has 2 N–H and O–H groups in total. The first-order valence-corrected chi connectivity index (χ1v) is 9.87. The molecule has 0 saturated heterocycles. The predicted molar refractivity (Wildman–Crippen MR) is 108 cm³/mol. The zero-order chi connectivity index (χ0) is 21.7. The van der Waals surface area contributed by atoms with Gasteiger partial charge in [0, 0.05) is 18.6 Å².